The quantitative estimate of drug-likeness (QED) is 0.474. The molecule has 4 N–H and O–H groups in total. The third-order valence-electron chi connectivity index (χ3n) is 4.40. The lowest BCUT2D eigenvalue weighted by atomic mass is 9.87. The largest absolute Gasteiger partial charge is 0.394 e. The van der Waals surface area contributed by atoms with Crippen molar-refractivity contribution in [1.82, 2.24) is 0 Å². The number of hydrogen-bond acceptors (Lipinski definition) is 7. The van der Waals surface area contributed by atoms with Gasteiger partial charge in [0, 0.05) is 7.11 Å². The molecule has 0 aliphatic carbocycles. The van der Waals surface area contributed by atoms with E-state index in [2.05, 4.69) is 0 Å². The molecule has 1 saturated heterocycles. The number of aliphatic hydroxyl groups excluding tert-OH is 4. The predicted molar refractivity (Wildman–Crippen MR) is 79.2 cm³/mol. The highest BCUT2D eigenvalue weighted by Gasteiger charge is 2.50. The Morgan fingerprint density at radius 2 is 1.86 bits per heavy atom. The molecule has 0 aromatic carbocycles. The van der Waals surface area contributed by atoms with Crippen molar-refractivity contribution in [2.75, 3.05) is 13.7 Å². The molecule has 1 aliphatic heterocycles. The first-order valence-corrected chi connectivity index (χ1v) is 7.70. The fourth-order valence-electron chi connectivity index (χ4n) is 2.59. The van der Waals surface area contributed by atoms with Crippen molar-refractivity contribution in [3.05, 3.63) is 0 Å². The van der Waals surface area contributed by atoms with Crippen molar-refractivity contribution in [3.8, 4) is 0 Å². The van der Waals surface area contributed by atoms with Crippen molar-refractivity contribution in [2.45, 2.75) is 76.5 Å². The van der Waals surface area contributed by atoms with Crippen LogP contribution in [0, 0.1) is 5.92 Å². The van der Waals surface area contributed by atoms with Gasteiger partial charge in [0.05, 0.1) is 12.2 Å². The monoisotopic (exact) mass is 322 g/mol. The number of rotatable bonds is 7. The smallest absolute Gasteiger partial charge is 0.183 e. The molecule has 0 amide bonds. The van der Waals surface area contributed by atoms with Crippen molar-refractivity contribution in [1.29, 1.82) is 0 Å². The van der Waals surface area contributed by atoms with Gasteiger partial charge in [-0.1, -0.05) is 20.3 Å². The van der Waals surface area contributed by atoms with Crippen LogP contribution in [-0.2, 0) is 14.2 Å². The molecule has 0 bridgehead atoms. The van der Waals surface area contributed by atoms with Gasteiger partial charge in [0.25, 0.3) is 0 Å². The Labute approximate surface area is 131 Å². The molecule has 1 fully saturated rings. The van der Waals surface area contributed by atoms with Crippen LogP contribution in [0.2, 0.25) is 0 Å². The van der Waals surface area contributed by atoms with Crippen LogP contribution in [0.1, 0.15) is 34.1 Å². The molecule has 22 heavy (non-hydrogen) atoms. The van der Waals surface area contributed by atoms with E-state index < -0.39 is 42.4 Å². The van der Waals surface area contributed by atoms with E-state index in [1.165, 1.54) is 7.11 Å². The average molecular weight is 322 g/mol. The Kier molecular flexibility index (Phi) is 7.20. The highest BCUT2D eigenvalue weighted by atomic mass is 16.7. The van der Waals surface area contributed by atoms with Gasteiger partial charge in [-0.3, -0.25) is 0 Å². The lowest BCUT2D eigenvalue weighted by Crippen LogP contribution is -2.64. The summed E-state index contributed by atoms with van der Waals surface area (Å²) >= 11 is 0. The van der Waals surface area contributed by atoms with Crippen LogP contribution in [0.5, 0.6) is 0 Å². The molecule has 7 nitrogen and oxygen atoms in total. The summed E-state index contributed by atoms with van der Waals surface area (Å²) in [6, 6.07) is 0. The Morgan fingerprint density at radius 3 is 2.32 bits per heavy atom. The lowest BCUT2D eigenvalue weighted by Gasteiger charge is -2.47. The summed E-state index contributed by atoms with van der Waals surface area (Å²) < 4.78 is 16.4. The molecule has 7 unspecified atom stereocenters. The number of hydrogen-bond donors (Lipinski definition) is 4. The molecule has 0 aromatic rings. The van der Waals surface area contributed by atoms with E-state index in [0.29, 0.717) is 0 Å². The van der Waals surface area contributed by atoms with Crippen LogP contribution < -0.4 is 0 Å². The maximum atomic E-state index is 10.3. The average Bonchev–Trinajstić information content (AvgIpc) is 2.50. The number of ether oxygens (including phenoxy) is 3. The first-order chi connectivity index (χ1) is 10.2. The van der Waals surface area contributed by atoms with E-state index in [4.69, 9.17) is 14.2 Å². The van der Waals surface area contributed by atoms with Crippen LogP contribution in [0.4, 0.5) is 0 Å². The molecule has 1 rings (SSSR count). The van der Waals surface area contributed by atoms with Crippen LogP contribution in [0.15, 0.2) is 0 Å². The minimum absolute atomic E-state index is 0.0689. The summed E-state index contributed by atoms with van der Waals surface area (Å²) in [4.78, 5) is 0. The minimum atomic E-state index is -1.26. The van der Waals surface area contributed by atoms with E-state index in [0.717, 1.165) is 6.42 Å². The van der Waals surface area contributed by atoms with Crippen molar-refractivity contribution < 1.29 is 34.6 Å². The zero-order chi connectivity index (χ0) is 17.1. The minimum Gasteiger partial charge on any atom is -0.394 e. The fourth-order valence-corrected chi connectivity index (χ4v) is 2.59. The fraction of sp³-hybridized carbons (Fsp3) is 1.00. The highest BCUT2D eigenvalue weighted by molar-refractivity contribution is 4.98. The van der Waals surface area contributed by atoms with Crippen LogP contribution in [0.3, 0.4) is 0 Å². The van der Waals surface area contributed by atoms with Crippen molar-refractivity contribution in [2.24, 2.45) is 5.92 Å². The number of methoxy groups -OCH3 is 1. The lowest BCUT2D eigenvalue weighted by molar-refractivity contribution is -0.312. The summed E-state index contributed by atoms with van der Waals surface area (Å²) in [7, 11) is 1.39. The van der Waals surface area contributed by atoms with Crippen LogP contribution >= 0.6 is 0 Å². The van der Waals surface area contributed by atoms with Crippen molar-refractivity contribution >= 4 is 0 Å². The van der Waals surface area contributed by atoms with Gasteiger partial charge in [0.2, 0.25) is 0 Å². The first-order valence-electron chi connectivity index (χ1n) is 7.70. The highest BCUT2D eigenvalue weighted by Crippen LogP contribution is 2.32. The maximum Gasteiger partial charge on any atom is 0.183 e. The molecule has 0 aromatic heterocycles. The van der Waals surface area contributed by atoms with Gasteiger partial charge in [-0.15, -0.1) is 0 Å². The Morgan fingerprint density at radius 1 is 1.27 bits per heavy atom. The maximum absolute atomic E-state index is 10.3. The molecule has 1 aliphatic rings. The van der Waals surface area contributed by atoms with E-state index in [-0.39, 0.29) is 12.5 Å². The second kappa shape index (κ2) is 8.01. The van der Waals surface area contributed by atoms with E-state index in [9.17, 15) is 20.4 Å². The third-order valence-corrected chi connectivity index (χ3v) is 4.40. The van der Waals surface area contributed by atoms with Crippen LogP contribution in [0.25, 0.3) is 0 Å². The van der Waals surface area contributed by atoms with Gasteiger partial charge in [0.1, 0.15) is 30.5 Å². The molecule has 132 valence electrons. The van der Waals surface area contributed by atoms with E-state index >= 15 is 0 Å². The molecule has 7 atom stereocenters. The third kappa shape index (κ3) is 4.17. The van der Waals surface area contributed by atoms with Gasteiger partial charge < -0.3 is 34.6 Å². The van der Waals surface area contributed by atoms with Gasteiger partial charge in [-0.2, -0.15) is 0 Å². The Balaban J connectivity index is 2.88. The number of aliphatic hydroxyl groups is 4. The van der Waals surface area contributed by atoms with Gasteiger partial charge in [-0.05, 0) is 19.8 Å². The van der Waals surface area contributed by atoms with Crippen LogP contribution in [-0.4, -0.2) is 76.6 Å². The molecule has 0 spiro atoms. The summed E-state index contributed by atoms with van der Waals surface area (Å²) in [5, 5.41) is 40.1. The molecule has 1 heterocycles. The standard InChI is InChI=1S/C15H30O7/c1-6-8(2)10(17)14(20-5)21-12-9(7-16)22-15(3,4)13(19)11(12)18/h8-14,16-19H,6-7H2,1-5H3. The summed E-state index contributed by atoms with van der Waals surface area (Å²) in [5.41, 5.74) is -1.01. The second-order valence-corrected chi connectivity index (χ2v) is 6.46. The predicted octanol–water partition coefficient (Wildman–Crippen LogP) is -0.357. The zero-order valence-corrected chi connectivity index (χ0v) is 14.0. The first kappa shape index (κ1) is 19.8. The summed E-state index contributed by atoms with van der Waals surface area (Å²) in [5.74, 6) is -0.0689. The summed E-state index contributed by atoms with van der Waals surface area (Å²) in [6.45, 7) is 6.66. The molecule has 0 saturated carbocycles. The molecule has 7 heteroatoms. The molecular formula is C15H30O7. The second-order valence-electron chi connectivity index (χ2n) is 6.46. The summed E-state index contributed by atoms with van der Waals surface area (Å²) in [6.07, 6.45) is -5.42. The Hall–Kier alpha value is -0.280. The molecule has 0 radical (unpaired) electrons. The van der Waals surface area contributed by atoms with Crippen molar-refractivity contribution in [3.63, 3.8) is 0 Å². The van der Waals surface area contributed by atoms with Gasteiger partial charge >= 0.3 is 0 Å². The SMILES string of the molecule is CCC(C)C(O)C(OC)OC1C(CO)OC(C)(C)C(O)C1O. The zero-order valence-electron chi connectivity index (χ0n) is 14.0. The Bertz CT molecular complexity index is 334. The van der Waals surface area contributed by atoms with Gasteiger partial charge in [-0.25, -0.2) is 0 Å². The van der Waals surface area contributed by atoms with Gasteiger partial charge in [0.15, 0.2) is 6.29 Å². The van der Waals surface area contributed by atoms with E-state index in [1.807, 2.05) is 13.8 Å². The molecular weight excluding hydrogens is 292 g/mol. The van der Waals surface area contributed by atoms with E-state index in [1.54, 1.807) is 13.8 Å². The normalized spacial score (nSPS) is 35.9. The topological polar surface area (TPSA) is 109 Å².